The normalized spacial score (nSPS) is 19.4. The first-order valence-electron chi connectivity index (χ1n) is 6.10. The fraction of sp³-hybridized carbons (Fsp3) is 0.462. The van der Waals surface area contributed by atoms with E-state index >= 15 is 0 Å². The second-order valence-electron chi connectivity index (χ2n) is 5.34. The Morgan fingerprint density at radius 1 is 1.44 bits per heavy atom. The number of hydrogen-bond donors (Lipinski definition) is 1. The molecule has 3 nitrogen and oxygen atoms in total. The smallest absolute Gasteiger partial charge is 0.186 e. The van der Waals surface area contributed by atoms with Gasteiger partial charge in [-0.2, -0.15) is 0 Å². The molecule has 2 aromatic rings. The molecule has 0 saturated carbocycles. The second kappa shape index (κ2) is 4.17. The van der Waals surface area contributed by atoms with Crippen LogP contribution in [0.4, 0.5) is 9.52 Å². The molecule has 1 saturated heterocycles. The lowest BCUT2D eigenvalue weighted by molar-refractivity contribution is 0.353. The Bertz CT molecular complexity index is 579. The molecule has 0 atom stereocenters. The summed E-state index contributed by atoms with van der Waals surface area (Å²) in [6, 6.07) is 4.77. The van der Waals surface area contributed by atoms with E-state index in [0.29, 0.717) is 0 Å². The number of hydrogen-bond acceptors (Lipinski definition) is 4. The molecule has 0 bridgehead atoms. The summed E-state index contributed by atoms with van der Waals surface area (Å²) < 4.78 is 14.1. The van der Waals surface area contributed by atoms with Crippen LogP contribution in [0.5, 0.6) is 0 Å². The molecule has 2 heterocycles. The molecule has 0 aliphatic carbocycles. The monoisotopic (exact) mass is 265 g/mol. The predicted octanol–water partition coefficient (Wildman–Crippen LogP) is 2.62. The van der Waals surface area contributed by atoms with Crippen LogP contribution in [0.15, 0.2) is 18.2 Å². The summed E-state index contributed by atoms with van der Waals surface area (Å²) in [4.78, 5) is 6.87. The maximum Gasteiger partial charge on any atom is 0.186 e. The lowest BCUT2D eigenvalue weighted by atomic mass is 10.0. The number of halogens is 1. The molecular formula is C13H16FN3S. The lowest BCUT2D eigenvalue weighted by Crippen LogP contribution is -2.57. The van der Waals surface area contributed by atoms with Crippen molar-refractivity contribution in [3.05, 3.63) is 24.0 Å². The number of aromatic nitrogens is 1. The quantitative estimate of drug-likeness (QED) is 0.859. The Labute approximate surface area is 110 Å². The van der Waals surface area contributed by atoms with Gasteiger partial charge in [0.25, 0.3) is 0 Å². The van der Waals surface area contributed by atoms with E-state index < -0.39 is 0 Å². The first-order valence-corrected chi connectivity index (χ1v) is 6.91. The zero-order valence-electron chi connectivity index (χ0n) is 10.5. The molecule has 0 spiro atoms. The molecule has 1 aromatic heterocycles. The molecule has 0 radical (unpaired) electrons. The van der Waals surface area contributed by atoms with E-state index in [4.69, 9.17) is 0 Å². The molecule has 96 valence electrons. The number of nitrogens with zero attached hydrogens (tertiary/aromatic N) is 2. The van der Waals surface area contributed by atoms with Crippen molar-refractivity contribution < 1.29 is 4.39 Å². The Balaban J connectivity index is 1.94. The van der Waals surface area contributed by atoms with Crippen molar-refractivity contribution in [1.29, 1.82) is 0 Å². The molecule has 1 aliphatic rings. The minimum Gasteiger partial charge on any atom is -0.345 e. The van der Waals surface area contributed by atoms with Crippen molar-refractivity contribution in [3.8, 4) is 0 Å². The number of anilines is 1. The summed E-state index contributed by atoms with van der Waals surface area (Å²) in [5.41, 5.74) is 0.981. The van der Waals surface area contributed by atoms with Crippen LogP contribution >= 0.6 is 11.3 Å². The topological polar surface area (TPSA) is 28.2 Å². The van der Waals surface area contributed by atoms with E-state index in [1.54, 1.807) is 23.5 Å². The van der Waals surface area contributed by atoms with E-state index in [1.165, 1.54) is 6.07 Å². The second-order valence-corrected chi connectivity index (χ2v) is 6.35. The van der Waals surface area contributed by atoms with Gasteiger partial charge in [0.15, 0.2) is 5.13 Å². The molecule has 1 aromatic carbocycles. The SMILES string of the molecule is CC1(C)CN(c2nc3ccc(F)cc3s2)CCN1. The fourth-order valence-electron chi connectivity index (χ4n) is 2.33. The highest BCUT2D eigenvalue weighted by molar-refractivity contribution is 7.22. The lowest BCUT2D eigenvalue weighted by Gasteiger charge is -2.38. The molecular weight excluding hydrogens is 249 g/mol. The van der Waals surface area contributed by atoms with Crippen molar-refractivity contribution in [3.63, 3.8) is 0 Å². The van der Waals surface area contributed by atoms with Crippen LogP contribution < -0.4 is 10.2 Å². The van der Waals surface area contributed by atoms with E-state index in [9.17, 15) is 4.39 Å². The Morgan fingerprint density at radius 3 is 3.06 bits per heavy atom. The first kappa shape index (κ1) is 11.9. The summed E-state index contributed by atoms with van der Waals surface area (Å²) in [5, 5.41) is 4.47. The maximum atomic E-state index is 13.2. The molecule has 1 aliphatic heterocycles. The number of piperazine rings is 1. The highest BCUT2D eigenvalue weighted by atomic mass is 32.1. The van der Waals surface area contributed by atoms with Crippen LogP contribution in [0.25, 0.3) is 10.2 Å². The zero-order valence-corrected chi connectivity index (χ0v) is 11.4. The van der Waals surface area contributed by atoms with Gasteiger partial charge in [-0.3, -0.25) is 0 Å². The third kappa shape index (κ3) is 2.20. The number of rotatable bonds is 1. The third-order valence-electron chi connectivity index (χ3n) is 3.18. The van der Waals surface area contributed by atoms with Crippen LogP contribution in [-0.2, 0) is 0 Å². The minimum absolute atomic E-state index is 0.0986. The van der Waals surface area contributed by atoms with Gasteiger partial charge in [-0.15, -0.1) is 0 Å². The van der Waals surface area contributed by atoms with Crippen LogP contribution in [0.2, 0.25) is 0 Å². The van der Waals surface area contributed by atoms with E-state index in [2.05, 4.69) is 29.0 Å². The van der Waals surface area contributed by atoms with Crippen LogP contribution in [0.3, 0.4) is 0 Å². The van der Waals surface area contributed by atoms with Crippen molar-refractivity contribution in [1.82, 2.24) is 10.3 Å². The minimum atomic E-state index is -0.196. The van der Waals surface area contributed by atoms with Gasteiger partial charge in [0, 0.05) is 25.2 Å². The van der Waals surface area contributed by atoms with Crippen LogP contribution in [-0.4, -0.2) is 30.2 Å². The molecule has 18 heavy (non-hydrogen) atoms. The van der Waals surface area contributed by atoms with E-state index in [1.807, 2.05) is 0 Å². The number of fused-ring (bicyclic) bond motifs is 1. The van der Waals surface area contributed by atoms with Gasteiger partial charge in [0.1, 0.15) is 5.82 Å². The van der Waals surface area contributed by atoms with Crippen molar-refractivity contribution in [2.24, 2.45) is 0 Å². The van der Waals surface area contributed by atoms with Gasteiger partial charge in [0.05, 0.1) is 10.2 Å². The maximum absolute atomic E-state index is 13.2. The van der Waals surface area contributed by atoms with Crippen LogP contribution in [0.1, 0.15) is 13.8 Å². The van der Waals surface area contributed by atoms with Gasteiger partial charge in [-0.25, -0.2) is 9.37 Å². The molecule has 1 N–H and O–H groups in total. The molecule has 0 unspecified atom stereocenters. The molecule has 5 heteroatoms. The van der Waals surface area contributed by atoms with Crippen molar-refractivity contribution in [2.75, 3.05) is 24.5 Å². The predicted molar refractivity (Wildman–Crippen MR) is 73.9 cm³/mol. The van der Waals surface area contributed by atoms with Gasteiger partial charge in [-0.05, 0) is 32.0 Å². The summed E-state index contributed by atoms with van der Waals surface area (Å²) >= 11 is 1.57. The summed E-state index contributed by atoms with van der Waals surface area (Å²) in [7, 11) is 0. The van der Waals surface area contributed by atoms with E-state index in [-0.39, 0.29) is 11.4 Å². The Hall–Kier alpha value is -1.20. The fourth-order valence-corrected chi connectivity index (χ4v) is 3.34. The number of nitrogens with one attached hydrogen (secondary N) is 1. The van der Waals surface area contributed by atoms with Gasteiger partial charge in [0.2, 0.25) is 0 Å². The summed E-state index contributed by atoms with van der Waals surface area (Å²) in [5.74, 6) is -0.196. The highest BCUT2D eigenvalue weighted by Crippen LogP contribution is 2.30. The average Bonchev–Trinajstić information content (AvgIpc) is 2.70. The Morgan fingerprint density at radius 2 is 2.28 bits per heavy atom. The standard InChI is InChI=1S/C13H16FN3S/c1-13(2)8-17(6-5-15-13)12-16-10-4-3-9(14)7-11(10)18-12/h3-4,7,15H,5-6,8H2,1-2H3. The van der Waals surface area contributed by atoms with Gasteiger partial charge < -0.3 is 10.2 Å². The van der Waals surface area contributed by atoms with Crippen LogP contribution in [0, 0.1) is 5.82 Å². The summed E-state index contributed by atoms with van der Waals surface area (Å²) in [6.07, 6.45) is 0. The number of benzene rings is 1. The molecule has 0 amide bonds. The van der Waals surface area contributed by atoms with Gasteiger partial charge >= 0.3 is 0 Å². The Kier molecular flexibility index (Phi) is 2.75. The third-order valence-corrected chi connectivity index (χ3v) is 4.26. The van der Waals surface area contributed by atoms with E-state index in [0.717, 1.165) is 35.0 Å². The molecule has 1 fully saturated rings. The highest BCUT2D eigenvalue weighted by Gasteiger charge is 2.27. The van der Waals surface area contributed by atoms with Crippen molar-refractivity contribution >= 4 is 26.7 Å². The number of thiazole rings is 1. The summed E-state index contributed by atoms with van der Waals surface area (Å²) in [6.45, 7) is 7.20. The first-order chi connectivity index (χ1) is 8.53. The zero-order chi connectivity index (χ0) is 12.8. The van der Waals surface area contributed by atoms with Crippen molar-refractivity contribution in [2.45, 2.75) is 19.4 Å². The molecule has 3 rings (SSSR count). The largest absolute Gasteiger partial charge is 0.345 e. The average molecular weight is 265 g/mol. The van der Waals surface area contributed by atoms with Gasteiger partial charge in [-0.1, -0.05) is 11.3 Å².